The van der Waals surface area contributed by atoms with E-state index in [1.54, 1.807) is 0 Å². The second kappa shape index (κ2) is 5.45. The molecule has 0 amide bonds. The van der Waals surface area contributed by atoms with Gasteiger partial charge in [-0.15, -0.1) is 0 Å². The molecule has 0 radical (unpaired) electrons. The molecular formula is C17H20N4. The molecule has 4 rings (SSSR count). The van der Waals surface area contributed by atoms with E-state index in [1.165, 1.54) is 23.1 Å². The number of piperazine rings is 1. The standard InChI is InChI=1S/C17H20N4/c1-2-7-15-13(4-1)5-3-6-14-12-19-17(20-16(14)15)21-10-8-18-9-11-21/h1-2,4,7,12,18H,3,5-6,8-11H2. The molecule has 1 N–H and O–H groups in total. The van der Waals surface area contributed by atoms with Crippen molar-refractivity contribution in [3.8, 4) is 11.3 Å². The van der Waals surface area contributed by atoms with Crippen LogP contribution in [0.4, 0.5) is 5.95 Å². The first-order valence-electron chi connectivity index (χ1n) is 7.82. The maximum absolute atomic E-state index is 4.93. The Balaban J connectivity index is 1.79. The number of hydrogen-bond acceptors (Lipinski definition) is 4. The lowest BCUT2D eigenvalue weighted by molar-refractivity contribution is 0.579. The predicted molar refractivity (Wildman–Crippen MR) is 84.6 cm³/mol. The molecule has 1 aromatic carbocycles. The summed E-state index contributed by atoms with van der Waals surface area (Å²) in [6.45, 7) is 3.99. The summed E-state index contributed by atoms with van der Waals surface area (Å²) in [4.78, 5) is 11.8. The first-order valence-corrected chi connectivity index (χ1v) is 7.82. The van der Waals surface area contributed by atoms with Gasteiger partial charge in [0.2, 0.25) is 5.95 Å². The number of benzene rings is 1. The number of nitrogens with one attached hydrogen (secondary N) is 1. The molecule has 2 aromatic rings. The van der Waals surface area contributed by atoms with E-state index >= 15 is 0 Å². The van der Waals surface area contributed by atoms with Gasteiger partial charge in [-0.05, 0) is 30.4 Å². The Kier molecular flexibility index (Phi) is 3.31. The van der Waals surface area contributed by atoms with Crippen molar-refractivity contribution in [3.05, 3.63) is 41.6 Å². The van der Waals surface area contributed by atoms with E-state index in [0.29, 0.717) is 0 Å². The van der Waals surface area contributed by atoms with Gasteiger partial charge < -0.3 is 10.2 Å². The molecule has 4 nitrogen and oxygen atoms in total. The smallest absolute Gasteiger partial charge is 0.225 e. The van der Waals surface area contributed by atoms with Crippen molar-refractivity contribution in [1.82, 2.24) is 15.3 Å². The summed E-state index contributed by atoms with van der Waals surface area (Å²) in [6, 6.07) is 8.67. The van der Waals surface area contributed by atoms with Crippen LogP contribution in [0.15, 0.2) is 30.5 Å². The summed E-state index contributed by atoms with van der Waals surface area (Å²) >= 11 is 0. The van der Waals surface area contributed by atoms with E-state index in [9.17, 15) is 0 Å². The monoisotopic (exact) mass is 280 g/mol. The highest BCUT2D eigenvalue weighted by molar-refractivity contribution is 5.68. The van der Waals surface area contributed by atoms with Crippen LogP contribution >= 0.6 is 0 Å². The van der Waals surface area contributed by atoms with Gasteiger partial charge in [0, 0.05) is 37.9 Å². The van der Waals surface area contributed by atoms with Crippen LogP contribution in [-0.4, -0.2) is 36.1 Å². The summed E-state index contributed by atoms with van der Waals surface area (Å²) in [5.41, 5.74) is 5.15. The molecule has 4 heteroatoms. The van der Waals surface area contributed by atoms with Crippen LogP contribution < -0.4 is 10.2 Å². The Morgan fingerprint density at radius 3 is 2.71 bits per heavy atom. The minimum atomic E-state index is 0.881. The van der Waals surface area contributed by atoms with E-state index in [1.807, 2.05) is 6.20 Å². The molecule has 0 unspecified atom stereocenters. The number of rotatable bonds is 1. The van der Waals surface area contributed by atoms with E-state index in [4.69, 9.17) is 4.98 Å². The molecule has 108 valence electrons. The molecule has 1 saturated heterocycles. The normalized spacial score (nSPS) is 17.8. The average molecular weight is 280 g/mol. The summed E-state index contributed by atoms with van der Waals surface area (Å²) in [7, 11) is 0. The minimum absolute atomic E-state index is 0.881. The fourth-order valence-electron chi connectivity index (χ4n) is 3.27. The third-order valence-corrected chi connectivity index (χ3v) is 4.42. The number of fused-ring (bicyclic) bond motifs is 3. The van der Waals surface area contributed by atoms with Crippen LogP contribution in [0.3, 0.4) is 0 Å². The first-order chi connectivity index (χ1) is 10.4. The Morgan fingerprint density at radius 1 is 1.00 bits per heavy atom. The molecular weight excluding hydrogens is 260 g/mol. The third-order valence-electron chi connectivity index (χ3n) is 4.42. The number of anilines is 1. The zero-order chi connectivity index (χ0) is 14.1. The maximum Gasteiger partial charge on any atom is 0.225 e. The van der Waals surface area contributed by atoms with Crippen LogP contribution in [0.5, 0.6) is 0 Å². The van der Waals surface area contributed by atoms with Gasteiger partial charge in [0.25, 0.3) is 0 Å². The molecule has 1 aliphatic carbocycles. The van der Waals surface area contributed by atoms with Gasteiger partial charge >= 0.3 is 0 Å². The lowest BCUT2D eigenvalue weighted by Gasteiger charge is -2.27. The van der Waals surface area contributed by atoms with Gasteiger partial charge in [0.05, 0.1) is 5.69 Å². The fourth-order valence-corrected chi connectivity index (χ4v) is 3.27. The Morgan fingerprint density at radius 2 is 1.81 bits per heavy atom. The van der Waals surface area contributed by atoms with Gasteiger partial charge in [-0.3, -0.25) is 0 Å². The van der Waals surface area contributed by atoms with E-state index in [0.717, 1.165) is 50.7 Å². The third kappa shape index (κ3) is 2.40. The number of aryl methyl sites for hydroxylation is 2. The zero-order valence-corrected chi connectivity index (χ0v) is 12.2. The molecule has 1 fully saturated rings. The molecule has 2 aliphatic rings. The average Bonchev–Trinajstić information content (AvgIpc) is 2.74. The fraction of sp³-hybridized carbons (Fsp3) is 0.412. The molecule has 2 heterocycles. The highest BCUT2D eigenvalue weighted by atomic mass is 15.3. The van der Waals surface area contributed by atoms with Crippen LogP contribution in [0.2, 0.25) is 0 Å². The molecule has 0 atom stereocenters. The van der Waals surface area contributed by atoms with E-state index < -0.39 is 0 Å². The number of aromatic nitrogens is 2. The topological polar surface area (TPSA) is 41.1 Å². The first kappa shape index (κ1) is 12.8. The Labute approximate surface area is 125 Å². The second-order valence-electron chi connectivity index (χ2n) is 5.79. The summed E-state index contributed by atoms with van der Waals surface area (Å²) < 4.78 is 0. The maximum atomic E-state index is 4.93. The largest absolute Gasteiger partial charge is 0.338 e. The Hall–Kier alpha value is -1.94. The van der Waals surface area contributed by atoms with Crippen molar-refractivity contribution >= 4 is 5.95 Å². The SMILES string of the molecule is c1ccc2c(c1)CCCc1cnc(N3CCNCC3)nc1-2. The molecule has 0 spiro atoms. The lowest BCUT2D eigenvalue weighted by atomic mass is 10.0. The summed E-state index contributed by atoms with van der Waals surface area (Å²) in [5, 5.41) is 3.38. The number of nitrogens with zero attached hydrogens (tertiary/aromatic N) is 3. The van der Waals surface area contributed by atoms with Crippen molar-refractivity contribution in [2.75, 3.05) is 31.1 Å². The second-order valence-corrected chi connectivity index (χ2v) is 5.79. The van der Waals surface area contributed by atoms with E-state index in [2.05, 4.69) is 39.5 Å². The summed E-state index contributed by atoms with van der Waals surface area (Å²) in [6.07, 6.45) is 5.43. The van der Waals surface area contributed by atoms with Crippen molar-refractivity contribution < 1.29 is 0 Å². The molecule has 1 aliphatic heterocycles. The van der Waals surface area contributed by atoms with Crippen molar-refractivity contribution in [2.45, 2.75) is 19.3 Å². The van der Waals surface area contributed by atoms with Crippen LogP contribution in [-0.2, 0) is 12.8 Å². The Bertz CT molecular complexity index is 647. The van der Waals surface area contributed by atoms with Gasteiger partial charge in [-0.2, -0.15) is 0 Å². The van der Waals surface area contributed by atoms with Crippen molar-refractivity contribution in [3.63, 3.8) is 0 Å². The van der Waals surface area contributed by atoms with Crippen LogP contribution in [0.25, 0.3) is 11.3 Å². The highest BCUT2D eigenvalue weighted by Gasteiger charge is 2.19. The van der Waals surface area contributed by atoms with Gasteiger partial charge in [0.15, 0.2) is 0 Å². The lowest BCUT2D eigenvalue weighted by Crippen LogP contribution is -2.44. The van der Waals surface area contributed by atoms with Crippen molar-refractivity contribution in [1.29, 1.82) is 0 Å². The highest BCUT2D eigenvalue weighted by Crippen LogP contribution is 2.31. The predicted octanol–water partition coefficient (Wildman–Crippen LogP) is 2.04. The zero-order valence-electron chi connectivity index (χ0n) is 12.2. The van der Waals surface area contributed by atoms with Gasteiger partial charge in [-0.25, -0.2) is 9.97 Å². The minimum Gasteiger partial charge on any atom is -0.338 e. The molecule has 1 aromatic heterocycles. The van der Waals surface area contributed by atoms with E-state index in [-0.39, 0.29) is 0 Å². The van der Waals surface area contributed by atoms with Gasteiger partial charge in [0.1, 0.15) is 0 Å². The summed E-state index contributed by atoms with van der Waals surface area (Å²) in [5.74, 6) is 0.881. The molecule has 21 heavy (non-hydrogen) atoms. The van der Waals surface area contributed by atoms with Crippen LogP contribution in [0, 0.1) is 0 Å². The van der Waals surface area contributed by atoms with Gasteiger partial charge in [-0.1, -0.05) is 24.3 Å². The van der Waals surface area contributed by atoms with Crippen LogP contribution in [0.1, 0.15) is 17.5 Å². The molecule has 0 saturated carbocycles. The van der Waals surface area contributed by atoms with Crippen molar-refractivity contribution in [2.24, 2.45) is 0 Å². The number of hydrogen-bond donors (Lipinski definition) is 1. The quantitative estimate of drug-likeness (QED) is 0.868. The molecule has 0 bridgehead atoms.